The van der Waals surface area contributed by atoms with Gasteiger partial charge in [0.05, 0.1) is 11.7 Å². The number of hydrogen-bond donors (Lipinski definition) is 0. The number of hydrogen-bond acceptors (Lipinski definition) is 3. The first-order valence-electron chi connectivity index (χ1n) is 7.26. The Kier molecular flexibility index (Phi) is 3.69. The lowest BCUT2D eigenvalue weighted by Crippen LogP contribution is -2.31. The van der Waals surface area contributed by atoms with E-state index in [0.717, 1.165) is 17.7 Å². The predicted molar refractivity (Wildman–Crippen MR) is 80.5 cm³/mol. The van der Waals surface area contributed by atoms with Crippen molar-refractivity contribution in [2.45, 2.75) is 25.3 Å². The number of carbonyl (C=O) groups is 1. The van der Waals surface area contributed by atoms with Gasteiger partial charge in [-0.1, -0.05) is 12.1 Å². The van der Waals surface area contributed by atoms with Crippen molar-refractivity contribution in [1.82, 2.24) is 14.9 Å². The number of pyridine rings is 2. The maximum absolute atomic E-state index is 12.6. The lowest BCUT2D eigenvalue weighted by molar-refractivity contribution is -0.133. The van der Waals surface area contributed by atoms with Crippen molar-refractivity contribution in [3.8, 4) is 0 Å². The molecule has 0 saturated heterocycles. The molecule has 1 amide bonds. The van der Waals surface area contributed by atoms with Crippen LogP contribution in [-0.4, -0.2) is 27.8 Å². The lowest BCUT2D eigenvalue weighted by Gasteiger charge is -2.24. The fourth-order valence-electron chi connectivity index (χ4n) is 2.71. The molecule has 3 rings (SSSR count). The average molecular weight is 281 g/mol. The van der Waals surface area contributed by atoms with Crippen LogP contribution in [0.15, 0.2) is 48.9 Å². The van der Waals surface area contributed by atoms with Gasteiger partial charge in [-0.3, -0.25) is 14.8 Å². The first kappa shape index (κ1) is 13.7. The van der Waals surface area contributed by atoms with E-state index in [4.69, 9.17) is 0 Å². The Morgan fingerprint density at radius 3 is 2.81 bits per heavy atom. The van der Waals surface area contributed by atoms with Gasteiger partial charge in [-0.15, -0.1) is 0 Å². The highest BCUT2D eigenvalue weighted by molar-refractivity contribution is 5.83. The van der Waals surface area contributed by atoms with Crippen molar-refractivity contribution >= 4 is 5.91 Å². The Hall–Kier alpha value is -2.23. The van der Waals surface area contributed by atoms with E-state index in [9.17, 15) is 4.79 Å². The Balaban J connectivity index is 1.67. The highest BCUT2D eigenvalue weighted by atomic mass is 16.2. The highest BCUT2D eigenvalue weighted by Gasteiger charge is 2.46. The molecule has 1 fully saturated rings. The minimum atomic E-state index is -0.00570. The summed E-state index contributed by atoms with van der Waals surface area (Å²) in [7, 11) is 1.86. The number of nitrogens with zero attached hydrogens (tertiary/aromatic N) is 3. The van der Waals surface area contributed by atoms with Crippen LogP contribution in [0.1, 0.15) is 36.6 Å². The van der Waals surface area contributed by atoms with E-state index in [-0.39, 0.29) is 17.9 Å². The minimum Gasteiger partial charge on any atom is -0.337 e. The van der Waals surface area contributed by atoms with E-state index in [0.29, 0.717) is 5.92 Å². The average Bonchev–Trinajstić information content (AvgIpc) is 3.35. The molecule has 1 aliphatic rings. The topological polar surface area (TPSA) is 46.1 Å². The molecular formula is C17H19N3O. The molecule has 2 aromatic rings. The molecule has 0 bridgehead atoms. The van der Waals surface area contributed by atoms with Gasteiger partial charge in [-0.05, 0) is 43.0 Å². The fraction of sp³-hybridized carbons (Fsp3) is 0.353. The Bertz CT molecular complexity index is 614. The third kappa shape index (κ3) is 2.79. The monoisotopic (exact) mass is 281 g/mol. The third-order valence-electron chi connectivity index (χ3n) is 4.26. The van der Waals surface area contributed by atoms with Crippen LogP contribution in [0.3, 0.4) is 0 Å². The Labute approximate surface area is 124 Å². The van der Waals surface area contributed by atoms with Crippen LogP contribution in [0.4, 0.5) is 0 Å². The second-order valence-corrected chi connectivity index (χ2v) is 5.61. The summed E-state index contributed by atoms with van der Waals surface area (Å²) in [4.78, 5) is 22.9. The van der Waals surface area contributed by atoms with Gasteiger partial charge in [0.25, 0.3) is 0 Å². The van der Waals surface area contributed by atoms with Crippen molar-refractivity contribution in [2.75, 3.05) is 7.05 Å². The molecule has 21 heavy (non-hydrogen) atoms. The van der Waals surface area contributed by atoms with Crippen molar-refractivity contribution in [3.63, 3.8) is 0 Å². The van der Waals surface area contributed by atoms with Crippen LogP contribution in [0, 0.1) is 5.92 Å². The number of carbonyl (C=O) groups excluding carboxylic acids is 1. The van der Waals surface area contributed by atoms with Gasteiger partial charge < -0.3 is 4.90 Å². The van der Waals surface area contributed by atoms with E-state index < -0.39 is 0 Å². The molecule has 0 spiro atoms. The fourth-order valence-corrected chi connectivity index (χ4v) is 2.71. The summed E-state index contributed by atoms with van der Waals surface area (Å²) in [5.74, 6) is 0.608. The van der Waals surface area contributed by atoms with Gasteiger partial charge in [0.15, 0.2) is 0 Å². The Morgan fingerprint density at radius 2 is 2.14 bits per heavy atom. The molecule has 2 aromatic heterocycles. The standard InChI is InChI=1S/C17H19N3O/c1-12(16-7-3-4-9-19-16)20(2)17(21)15-10-14(15)13-6-5-8-18-11-13/h3-9,11-12,14-15H,10H2,1-2H3/t12-,14-,15-/m1/s1. The molecule has 4 nitrogen and oxygen atoms in total. The molecule has 4 heteroatoms. The van der Waals surface area contributed by atoms with Crippen LogP contribution in [-0.2, 0) is 4.79 Å². The molecule has 1 aliphatic carbocycles. The lowest BCUT2D eigenvalue weighted by atomic mass is 10.1. The zero-order valence-corrected chi connectivity index (χ0v) is 12.3. The number of amides is 1. The van der Waals surface area contributed by atoms with Crippen molar-refractivity contribution < 1.29 is 4.79 Å². The van der Waals surface area contributed by atoms with Gasteiger partial charge in [-0.25, -0.2) is 0 Å². The maximum atomic E-state index is 12.6. The second kappa shape index (κ2) is 5.64. The van der Waals surface area contributed by atoms with Gasteiger partial charge in [-0.2, -0.15) is 0 Å². The smallest absolute Gasteiger partial charge is 0.226 e. The molecule has 0 unspecified atom stereocenters. The third-order valence-corrected chi connectivity index (χ3v) is 4.26. The van der Waals surface area contributed by atoms with Crippen LogP contribution in [0.5, 0.6) is 0 Å². The van der Waals surface area contributed by atoms with E-state index >= 15 is 0 Å². The van der Waals surface area contributed by atoms with Crippen molar-refractivity contribution in [1.29, 1.82) is 0 Å². The predicted octanol–water partition coefficient (Wildman–Crippen LogP) is 2.80. The van der Waals surface area contributed by atoms with Gasteiger partial charge >= 0.3 is 0 Å². The van der Waals surface area contributed by atoms with E-state index in [1.54, 1.807) is 12.4 Å². The van der Waals surface area contributed by atoms with E-state index in [1.165, 1.54) is 0 Å². The second-order valence-electron chi connectivity index (χ2n) is 5.61. The summed E-state index contributed by atoms with van der Waals surface area (Å²) in [6.07, 6.45) is 6.31. The zero-order valence-electron chi connectivity index (χ0n) is 12.3. The summed E-state index contributed by atoms with van der Waals surface area (Å²) < 4.78 is 0. The summed E-state index contributed by atoms with van der Waals surface area (Å²) in [6.45, 7) is 2.02. The molecule has 0 aromatic carbocycles. The van der Waals surface area contributed by atoms with Gasteiger partial charge in [0.2, 0.25) is 5.91 Å². The minimum absolute atomic E-state index is 0.00570. The van der Waals surface area contributed by atoms with E-state index in [2.05, 4.69) is 9.97 Å². The van der Waals surface area contributed by atoms with E-state index in [1.807, 2.05) is 55.4 Å². The number of aromatic nitrogens is 2. The molecule has 3 atom stereocenters. The SMILES string of the molecule is C[C@H](c1ccccn1)N(C)C(=O)[C@@H]1C[C@@H]1c1cccnc1. The molecule has 0 radical (unpaired) electrons. The summed E-state index contributed by atoms with van der Waals surface area (Å²) in [5.41, 5.74) is 2.08. The quantitative estimate of drug-likeness (QED) is 0.865. The molecule has 0 N–H and O–H groups in total. The molecule has 1 saturated carbocycles. The first-order chi connectivity index (χ1) is 10.2. The summed E-state index contributed by atoms with van der Waals surface area (Å²) >= 11 is 0. The van der Waals surface area contributed by atoms with Crippen LogP contribution < -0.4 is 0 Å². The largest absolute Gasteiger partial charge is 0.337 e. The summed E-state index contributed by atoms with van der Waals surface area (Å²) in [6, 6.07) is 9.76. The highest BCUT2D eigenvalue weighted by Crippen LogP contribution is 2.48. The van der Waals surface area contributed by atoms with Crippen molar-refractivity contribution in [3.05, 3.63) is 60.2 Å². The molecule has 2 heterocycles. The normalized spacial score (nSPS) is 21.6. The van der Waals surface area contributed by atoms with Gasteiger partial charge in [0, 0.05) is 31.6 Å². The van der Waals surface area contributed by atoms with Crippen LogP contribution in [0.25, 0.3) is 0 Å². The first-order valence-corrected chi connectivity index (χ1v) is 7.26. The van der Waals surface area contributed by atoms with Crippen LogP contribution >= 0.6 is 0 Å². The molecule has 0 aliphatic heterocycles. The number of rotatable bonds is 4. The maximum Gasteiger partial charge on any atom is 0.226 e. The zero-order chi connectivity index (χ0) is 14.8. The summed E-state index contributed by atoms with van der Waals surface area (Å²) in [5, 5.41) is 0. The molecule has 108 valence electrons. The molecular weight excluding hydrogens is 262 g/mol. The van der Waals surface area contributed by atoms with Crippen molar-refractivity contribution in [2.24, 2.45) is 5.92 Å². The van der Waals surface area contributed by atoms with Crippen LogP contribution in [0.2, 0.25) is 0 Å². The van der Waals surface area contributed by atoms with Gasteiger partial charge in [0.1, 0.15) is 0 Å². The Morgan fingerprint density at radius 1 is 1.29 bits per heavy atom.